The van der Waals surface area contributed by atoms with Gasteiger partial charge in [-0.2, -0.15) is 0 Å². The fraction of sp³-hybridized carbons (Fsp3) is 0.438. The molecule has 4 amide bonds. The molecule has 128 valence electrons. The molecule has 0 saturated carbocycles. The molecule has 2 aliphatic heterocycles. The summed E-state index contributed by atoms with van der Waals surface area (Å²) < 4.78 is 11.0. The number of ether oxygens (including phenoxy) is 2. The Morgan fingerprint density at radius 1 is 1.29 bits per heavy atom. The van der Waals surface area contributed by atoms with E-state index in [4.69, 9.17) is 9.47 Å². The van der Waals surface area contributed by atoms with E-state index in [1.54, 1.807) is 6.07 Å². The van der Waals surface area contributed by atoms with Crippen molar-refractivity contribution in [3.05, 3.63) is 23.8 Å². The van der Waals surface area contributed by atoms with Crippen molar-refractivity contribution in [2.45, 2.75) is 19.4 Å². The van der Waals surface area contributed by atoms with Crippen molar-refractivity contribution in [2.24, 2.45) is 0 Å². The zero-order chi connectivity index (χ0) is 17.1. The first kappa shape index (κ1) is 16.1. The first-order valence-electron chi connectivity index (χ1n) is 7.81. The number of rotatable bonds is 4. The standard InChI is InChI=1S/C16H19N3O5/c1-10(11-2-3-12-13(8-11)24-7-6-23-12)18-14(20)9-19-15(21)4-5-17-16(19)22/h2-3,8,10H,4-7,9H2,1H3,(H,17,22)(H,18,20)/t10-/m0/s1. The summed E-state index contributed by atoms with van der Waals surface area (Å²) in [5.41, 5.74) is 0.849. The first-order valence-corrected chi connectivity index (χ1v) is 7.81. The molecule has 8 heteroatoms. The molecule has 2 N–H and O–H groups in total. The Morgan fingerprint density at radius 3 is 2.79 bits per heavy atom. The largest absolute Gasteiger partial charge is 0.486 e. The second kappa shape index (κ2) is 6.77. The Hall–Kier alpha value is -2.77. The van der Waals surface area contributed by atoms with Crippen LogP contribution in [0.15, 0.2) is 18.2 Å². The maximum Gasteiger partial charge on any atom is 0.324 e. The molecule has 1 fully saturated rings. The van der Waals surface area contributed by atoms with Gasteiger partial charge >= 0.3 is 6.03 Å². The molecule has 1 saturated heterocycles. The summed E-state index contributed by atoms with van der Waals surface area (Å²) in [6.45, 7) is 2.85. The van der Waals surface area contributed by atoms with Crippen LogP contribution in [0.1, 0.15) is 24.9 Å². The van der Waals surface area contributed by atoms with Crippen LogP contribution in [0.2, 0.25) is 0 Å². The van der Waals surface area contributed by atoms with E-state index in [-0.39, 0.29) is 24.9 Å². The van der Waals surface area contributed by atoms with Crippen LogP contribution in [0.4, 0.5) is 4.79 Å². The topological polar surface area (TPSA) is 97.0 Å². The quantitative estimate of drug-likeness (QED) is 0.840. The van der Waals surface area contributed by atoms with Crippen molar-refractivity contribution in [3.63, 3.8) is 0 Å². The maximum atomic E-state index is 12.1. The molecule has 0 unspecified atom stereocenters. The predicted octanol–water partition coefficient (Wildman–Crippen LogP) is 0.577. The first-order chi connectivity index (χ1) is 11.5. The van der Waals surface area contributed by atoms with Crippen molar-refractivity contribution in [2.75, 3.05) is 26.3 Å². The van der Waals surface area contributed by atoms with Gasteiger partial charge in [-0.15, -0.1) is 0 Å². The molecule has 0 radical (unpaired) electrons. The van der Waals surface area contributed by atoms with Crippen molar-refractivity contribution >= 4 is 17.8 Å². The van der Waals surface area contributed by atoms with Gasteiger partial charge in [0.25, 0.3) is 0 Å². The summed E-state index contributed by atoms with van der Waals surface area (Å²) in [4.78, 5) is 36.4. The van der Waals surface area contributed by atoms with Crippen LogP contribution in [0.3, 0.4) is 0 Å². The molecule has 1 aromatic carbocycles. The number of amides is 4. The minimum atomic E-state index is -0.534. The Bertz CT molecular complexity index is 660. The molecule has 24 heavy (non-hydrogen) atoms. The van der Waals surface area contributed by atoms with Gasteiger partial charge in [-0.3, -0.25) is 14.5 Å². The number of hydrogen-bond donors (Lipinski definition) is 2. The molecule has 3 rings (SSSR count). The highest BCUT2D eigenvalue weighted by molar-refractivity contribution is 6.00. The molecule has 2 heterocycles. The summed E-state index contributed by atoms with van der Waals surface area (Å²) in [7, 11) is 0. The maximum absolute atomic E-state index is 12.1. The Morgan fingerprint density at radius 2 is 2.04 bits per heavy atom. The van der Waals surface area contributed by atoms with Crippen molar-refractivity contribution in [3.8, 4) is 11.5 Å². The van der Waals surface area contributed by atoms with Gasteiger partial charge in [0.05, 0.1) is 6.04 Å². The molecule has 2 aliphatic rings. The van der Waals surface area contributed by atoms with E-state index in [1.165, 1.54) is 0 Å². The predicted molar refractivity (Wildman–Crippen MR) is 83.7 cm³/mol. The van der Waals surface area contributed by atoms with Crippen LogP contribution in [-0.4, -0.2) is 49.0 Å². The molecule has 0 aromatic heterocycles. The number of nitrogens with one attached hydrogen (secondary N) is 2. The zero-order valence-electron chi connectivity index (χ0n) is 13.3. The number of benzene rings is 1. The average Bonchev–Trinajstić information content (AvgIpc) is 2.58. The number of fused-ring (bicyclic) bond motifs is 1. The van der Waals surface area contributed by atoms with Gasteiger partial charge in [-0.25, -0.2) is 4.79 Å². The van der Waals surface area contributed by atoms with Gasteiger partial charge in [0.15, 0.2) is 11.5 Å². The van der Waals surface area contributed by atoms with Crippen molar-refractivity contribution < 1.29 is 23.9 Å². The van der Waals surface area contributed by atoms with E-state index >= 15 is 0 Å². The SMILES string of the molecule is C[C@H](NC(=O)CN1C(=O)CCNC1=O)c1ccc2c(c1)OCCO2. The van der Waals surface area contributed by atoms with Crippen LogP contribution < -0.4 is 20.1 Å². The molecule has 0 spiro atoms. The highest BCUT2D eigenvalue weighted by Crippen LogP contribution is 2.32. The molecule has 1 aromatic rings. The van der Waals surface area contributed by atoms with Crippen LogP contribution in [-0.2, 0) is 9.59 Å². The molecule has 1 atom stereocenters. The lowest BCUT2D eigenvalue weighted by molar-refractivity contribution is -0.134. The third-order valence-corrected chi connectivity index (χ3v) is 3.91. The lowest BCUT2D eigenvalue weighted by Crippen LogP contribution is -2.53. The van der Waals surface area contributed by atoms with Crippen molar-refractivity contribution in [1.29, 1.82) is 0 Å². The Balaban J connectivity index is 1.61. The zero-order valence-corrected chi connectivity index (χ0v) is 13.3. The highest BCUT2D eigenvalue weighted by Gasteiger charge is 2.28. The third-order valence-electron chi connectivity index (χ3n) is 3.91. The van der Waals surface area contributed by atoms with Gasteiger partial charge in [0.1, 0.15) is 19.8 Å². The van der Waals surface area contributed by atoms with E-state index in [1.807, 2.05) is 19.1 Å². The van der Waals surface area contributed by atoms with E-state index in [9.17, 15) is 14.4 Å². The minimum absolute atomic E-state index is 0.205. The lowest BCUT2D eigenvalue weighted by Gasteiger charge is -2.26. The highest BCUT2D eigenvalue weighted by atomic mass is 16.6. The lowest BCUT2D eigenvalue weighted by atomic mass is 10.1. The minimum Gasteiger partial charge on any atom is -0.486 e. The summed E-state index contributed by atoms with van der Waals surface area (Å²) in [6.07, 6.45) is 0.205. The fourth-order valence-electron chi connectivity index (χ4n) is 2.62. The van der Waals surface area contributed by atoms with Crippen molar-refractivity contribution in [1.82, 2.24) is 15.5 Å². The fourth-order valence-corrected chi connectivity index (χ4v) is 2.62. The number of urea groups is 1. The summed E-state index contributed by atoms with van der Waals surface area (Å²) in [5, 5.41) is 5.32. The third kappa shape index (κ3) is 3.42. The number of nitrogens with zero attached hydrogens (tertiary/aromatic N) is 1. The molecule has 0 aliphatic carbocycles. The van der Waals surface area contributed by atoms with Gasteiger partial charge in [0.2, 0.25) is 11.8 Å². The van der Waals surface area contributed by atoms with Crippen LogP contribution in [0.25, 0.3) is 0 Å². The van der Waals surface area contributed by atoms with Gasteiger partial charge in [-0.05, 0) is 24.6 Å². The van der Waals surface area contributed by atoms with E-state index in [0.717, 1.165) is 10.5 Å². The van der Waals surface area contributed by atoms with Gasteiger partial charge in [-0.1, -0.05) is 6.07 Å². The van der Waals surface area contributed by atoms with Crippen LogP contribution >= 0.6 is 0 Å². The Kier molecular flexibility index (Phi) is 4.54. The van der Waals surface area contributed by atoms with Gasteiger partial charge in [0, 0.05) is 13.0 Å². The summed E-state index contributed by atoms with van der Waals surface area (Å²) >= 11 is 0. The summed E-state index contributed by atoms with van der Waals surface area (Å²) in [6, 6.07) is 4.63. The van der Waals surface area contributed by atoms with Crippen LogP contribution in [0, 0.1) is 0 Å². The number of imide groups is 1. The van der Waals surface area contributed by atoms with Crippen LogP contribution in [0.5, 0.6) is 11.5 Å². The van der Waals surface area contributed by atoms with Gasteiger partial charge < -0.3 is 20.1 Å². The second-order valence-electron chi connectivity index (χ2n) is 5.65. The number of hydrogen-bond acceptors (Lipinski definition) is 5. The Labute approximate surface area is 139 Å². The number of carbonyl (C=O) groups excluding carboxylic acids is 3. The average molecular weight is 333 g/mol. The molecule has 8 nitrogen and oxygen atoms in total. The van der Waals surface area contributed by atoms with E-state index < -0.39 is 11.9 Å². The molecular formula is C16H19N3O5. The molecular weight excluding hydrogens is 314 g/mol. The van der Waals surface area contributed by atoms with E-state index in [0.29, 0.717) is 31.3 Å². The monoisotopic (exact) mass is 333 g/mol. The smallest absolute Gasteiger partial charge is 0.324 e. The number of carbonyl (C=O) groups is 3. The molecule has 0 bridgehead atoms. The second-order valence-corrected chi connectivity index (χ2v) is 5.65. The normalized spacial score (nSPS) is 18.0. The van der Waals surface area contributed by atoms with E-state index in [2.05, 4.69) is 10.6 Å². The summed E-state index contributed by atoms with van der Waals surface area (Å²) in [5.74, 6) is 0.577.